The summed E-state index contributed by atoms with van der Waals surface area (Å²) >= 11 is 1.63. The molecule has 0 bridgehead atoms. The Bertz CT molecular complexity index is 647. The van der Waals surface area contributed by atoms with E-state index in [2.05, 4.69) is 48.4 Å². The molecule has 1 aliphatic rings. The molecule has 0 saturated heterocycles. The number of H-pyrrole nitrogens is 1. The van der Waals surface area contributed by atoms with Crippen LogP contribution in [0.15, 0.2) is 35.2 Å². The second kappa shape index (κ2) is 5.22. The van der Waals surface area contributed by atoms with Crippen LogP contribution in [0.2, 0.25) is 0 Å². The van der Waals surface area contributed by atoms with Crippen molar-refractivity contribution in [1.29, 1.82) is 0 Å². The lowest BCUT2D eigenvalue weighted by atomic mass is 9.92. The third kappa shape index (κ3) is 2.97. The lowest BCUT2D eigenvalue weighted by molar-refractivity contribution is -0.115. The highest BCUT2D eigenvalue weighted by molar-refractivity contribution is 8.01. The van der Waals surface area contributed by atoms with Crippen molar-refractivity contribution in [3.05, 3.63) is 41.6 Å². The van der Waals surface area contributed by atoms with Crippen molar-refractivity contribution >= 4 is 23.5 Å². The molecule has 0 fully saturated rings. The summed E-state index contributed by atoms with van der Waals surface area (Å²) in [7, 11) is 0. The fourth-order valence-electron chi connectivity index (χ4n) is 2.31. The first kappa shape index (κ1) is 14.2. The van der Waals surface area contributed by atoms with E-state index in [1.807, 2.05) is 18.2 Å². The maximum absolute atomic E-state index is 12.4. The number of aromatic amines is 1. The van der Waals surface area contributed by atoms with Gasteiger partial charge in [-0.1, -0.05) is 39.0 Å². The molecule has 21 heavy (non-hydrogen) atoms. The fraction of sp³-hybridized carbons (Fsp3) is 0.375. The molecule has 1 aliphatic heterocycles. The summed E-state index contributed by atoms with van der Waals surface area (Å²) in [5, 5.41) is 10.0. The molecule has 4 nitrogen and oxygen atoms in total. The van der Waals surface area contributed by atoms with Crippen LogP contribution in [-0.2, 0) is 16.6 Å². The number of rotatable bonds is 2. The first-order valence-electron chi connectivity index (χ1n) is 7.05. The zero-order valence-electron chi connectivity index (χ0n) is 12.4. The topological polar surface area (TPSA) is 57.8 Å². The van der Waals surface area contributed by atoms with E-state index in [0.29, 0.717) is 5.82 Å². The Morgan fingerprint density at radius 3 is 2.81 bits per heavy atom. The highest BCUT2D eigenvalue weighted by Crippen LogP contribution is 2.37. The Hall–Kier alpha value is -1.75. The van der Waals surface area contributed by atoms with E-state index in [0.717, 1.165) is 12.1 Å². The Morgan fingerprint density at radius 2 is 2.14 bits per heavy atom. The standard InChI is InChI=1S/C16H19N3OS/c1-16(2,3)13-9-14(19-18-13)17-15(20)12-8-10-6-4-5-7-11(10)21-12/h4-7,9,12H,8H2,1-3H3,(H2,17,18,19,20). The molecule has 2 N–H and O–H groups in total. The van der Waals surface area contributed by atoms with Gasteiger partial charge in [-0.15, -0.1) is 11.8 Å². The number of amides is 1. The maximum Gasteiger partial charge on any atom is 0.239 e. The highest BCUT2D eigenvalue weighted by atomic mass is 32.2. The zero-order valence-corrected chi connectivity index (χ0v) is 13.3. The number of nitrogens with zero attached hydrogens (tertiary/aromatic N) is 1. The van der Waals surface area contributed by atoms with Crippen molar-refractivity contribution in [1.82, 2.24) is 10.2 Å². The van der Waals surface area contributed by atoms with Crippen molar-refractivity contribution < 1.29 is 4.79 Å². The summed E-state index contributed by atoms with van der Waals surface area (Å²) in [6.07, 6.45) is 0.781. The quantitative estimate of drug-likeness (QED) is 0.894. The largest absolute Gasteiger partial charge is 0.308 e. The molecule has 1 unspecified atom stereocenters. The molecule has 1 aromatic carbocycles. The number of carbonyl (C=O) groups is 1. The van der Waals surface area contributed by atoms with Crippen molar-refractivity contribution in [3.8, 4) is 0 Å². The minimum absolute atomic E-state index is 0.00563. The van der Waals surface area contributed by atoms with Gasteiger partial charge in [0.25, 0.3) is 0 Å². The van der Waals surface area contributed by atoms with Gasteiger partial charge < -0.3 is 5.32 Å². The van der Waals surface area contributed by atoms with E-state index in [4.69, 9.17) is 0 Å². The molecule has 1 amide bonds. The van der Waals surface area contributed by atoms with E-state index in [9.17, 15) is 4.79 Å². The van der Waals surface area contributed by atoms with Gasteiger partial charge in [0, 0.05) is 22.1 Å². The summed E-state index contributed by atoms with van der Waals surface area (Å²) in [5.41, 5.74) is 2.26. The molecule has 0 aliphatic carbocycles. The molecular weight excluding hydrogens is 282 g/mol. The van der Waals surface area contributed by atoms with Crippen LogP contribution in [0.1, 0.15) is 32.0 Å². The van der Waals surface area contributed by atoms with Crippen LogP contribution >= 0.6 is 11.8 Å². The monoisotopic (exact) mass is 301 g/mol. The Labute approximate surface area is 128 Å². The van der Waals surface area contributed by atoms with Crippen LogP contribution in [0, 0.1) is 0 Å². The molecule has 2 heterocycles. The molecule has 0 radical (unpaired) electrons. The number of benzene rings is 1. The molecule has 2 aromatic rings. The third-order valence-corrected chi connectivity index (χ3v) is 4.89. The van der Waals surface area contributed by atoms with Gasteiger partial charge in [-0.2, -0.15) is 5.10 Å². The highest BCUT2D eigenvalue weighted by Gasteiger charge is 2.28. The number of hydrogen-bond donors (Lipinski definition) is 2. The van der Waals surface area contributed by atoms with Crippen LogP contribution in [-0.4, -0.2) is 21.4 Å². The lowest BCUT2D eigenvalue weighted by Gasteiger charge is -2.14. The SMILES string of the molecule is CC(C)(C)c1cc(NC(=O)C2Cc3ccccc3S2)n[nH]1. The third-order valence-electron chi connectivity index (χ3n) is 3.58. The van der Waals surface area contributed by atoms with Gasteiger partial charge >= 0.3 is 0 Å². The molecule has 3 rings (SSSR count). The first-order chi connectivity index (χ1) is 9.93. The number of thioether (sulfide) groups is 1. The molecular formula is C16H19N3OS. The first-order valence-corrected chi connectivity index (χ1v) is 7.93. The Kier molecular flexibility index (Phi) is 3.53. The number of anilines is 1. The Morgan fingerprint density at radius 1 is 1.38 bits per heavy atom. The minimum Gasteiger partial charge on any atom is -0.308 e. The van der Waals surface area contributed by atoms with Crippen LogP contribution < -0.4 is 5.32 Å². The van der Waals surface area contributed by atoms with E-state index < -0.39 is 0 Å². The van der Waals surface area contributed by atoms with Gasteiger partial charge in [0.05, 0.1) is 5.25 Å². The smallest absolute Gasteiger partial charge is 0.239 e. The van der Waals surface area contributed by atoms with Gasteiger partial charge in [0.1, 0.15) is 0 Å². The van der Waals surface area contributed by atoms with Crippen molar-refractivity contribution in [2.24, 2.45) is 0 Å². The van der Waals surface area contributed by atoms with Gasteiger partial charge in [0.15, 0.2) is 5.82 Å². The normalized spacial score (nSPS) is 17.6. The van der Waals surface area contributed by atoms with Crippen LogP contribution in [0.25, 0.3) is 0 Å². The second-order valence-electron chi connectivity index (χ2n) is 6.32. The maximum atomic E-state index is 12.4. The molecule has 1 atom stereocenters. The van der Waals surface area contributed by atoms with Gasteiger partial charge in [-0.05, 0) is 18.1 Å². The average molecular weight is 301 g/mol. The van der Waals surface area contributed by atoms with Crippen LogP contribution in [0.3, 0.4) is 0 Å². The summed E-state index contributed by atoms with van der Waals surface area (Å²) < 4.78 is 0. The molecule has 5 heteroatoms. The summed E-state index contributed by atoms with van der Waals surface area (Å²) in [4.78, 5) is 13.6. The van der Waals surface area contributed by atoms with E-state index in [1.165, 1.54) is 10.5 Å². The van der Waals surface area contributed by atoms with Crippen molar-refractivity contribution in [2.75, 3.05) is 5.32 Å². The second-order valence-corrected chi connectivity index (χ2v) is 7.57. The summed E-state index contributed by atoms with van der Waals surface area (Å²) in [6.45, 7) is 6.32. The minimum atomic E-state index is -0.0720. The molecule has 1 aromatic heterocycles. The van der Waals surface area contributed by atoms with Gasteiger partial charge in [-0.3, -0.25) is 9.89 Å². The zero-order chi connectivity index (χ0) is 15.0. The number of carbonyl (C=O) groups excluding carboxylic acids is 1. The van der Waals surface area contributed by atoms with Gasteiger partial charge in [-0.25, -0.2) is 0 Å². The van der Waals surface area contributed by atoms with Crippen molar-refractivity contribution in [3.63, 3.8) is 0 Å². The molecule has 0 saturated carbocycles. The lowest BCUT2D eigenvalue weighted by Crippen LogP contribution is -2.24. The average Bonchev–Trinajstić information content (AvgIpc) is 3.03. The predicted octanol–water partition coefficient (Wildman–Crippen LogP) is 3.36. The number of nitrogens with one attached hydrogen (secondary N) is 2. The fourth-order valence-corrected chi connectivity index (χ4v) is 3.50. The summed E-state index contributed by atoms with van der Waals surface area (Å²) in [5.74, 6) is 0.615. The Balaban J connectivity index is 1.67. The van der Waals surface area contributed by atoms with Gasteiger partial charge in [0.2, 0.25) is 5.91 Å². The van der Waals surface area contributed by atoms with Crippen LogP contribution in [0.4, 0.5) is 5.82 Å². The van der Waals surface area contributed by atoms with Crippen LogP contribution in [0.5, 0.6) is 0 Å². The molecule has 0 spiro atoms. The predicted molar refractivity (Wildman–Crippen MR) is 85.7 cm³/mol. The number of fused-ring (bicyclic) bond motifs is 1. The number of hydrogen-bond acceptors (Lipinski definition) is 3. The molecule has 110 valence electrons. The van der Waals surface area contributed by atoms with Crippen molar-refractivity contribution in [2.45, 2.75) is 42.8 Å². The number of aromatic nitrogens is 2. The van der Waals surface area contributed by atoms with E-state index in [1.54, 1.807) is 11.8 Å². The summed E-state index contributed by atoms with van der Waals surface area (Å²) in [6, 6.07) is 10.1. The van der Waals surface area contributed by atoms with E-state index >= 15 is 0 Å². The van der Waals surface area contributed by atoms with E-state index in [-0.39, 0.29) is 16.6 Å².